The predicted octanol–water partition coefficient (Wildman–Crippen LogP) is 2.34. The van der Waals surface area contributed by atoms with E-state index in [1.165, 1.54) is 25.7 Å². The van der Waals surface area contributed by atoms with Gasteiger partial charge in [0.05, 0.1) is 6.10 Å². The third-order valence-corrected chi connectivity index (χ3v) is 2.78. The maximum Gasteiger partial charge on any atom is 0.0568 e. The van der Waals surface area contributed by atoms with E-state index < -0.39 is 0 Å². The number of terminal acetylenes is 1. The van der Waals surface area contributed by atoms with Gasteiger partial charge in [-0.15, -0.1) is 12.3 Å². The summed E-state index contributed by atoms with van der Waals surface area (Å²) in [5, 5.41) is 9.71. The fourth-order valence-corrected chi connectivity index (χ4v) is 1.97. The fourth-order valence-electron chi connectivity index (χ4n) is 1.97. The van der Waals surface area contributed by atoms with E-state index in [1.807, 2.05) is 0 Å². The minimum Gasteiger partial charge on any atom is -0.393 e. The van der Waals surface area contributed by atoms with E-state index in [9.17, 15) is 5.11 Å². The lowest BCUT2D eigenvalue weighted by Crippen LogP contribution is -2.18. The van der Waals surface area contributed by atoms with Crippen molar-refractivity contribution in [1.82, 2.24) is 0 Å². The van der Waals surface area contributed by atoms with Crippen LogP contribution in [0.4, 0.5) is 0 Å². The first kappa shape index (κ1) is 9.61. The zero-order chi connectivity index (χ0) is 8.81. The Labute approximate surface area is 75.2 Å². The van der Waals surface area contributed by atoms with Crippen LogP contribution in [-0.2, 0) is 0 Å². The van der Waals surface area contributed by atoms with Crippen molar-refractivity contribution in [3.05, 3.63) is 0 Å². The standard InChI is InChI=1S/C11H18O/c1-2-3-7-10-8-5-4-6-9-11(10)12/h1,10-12H,3-9H2/t10-,11-/m1/s1. The van der Waals surface area contributed by atoms with Crippen LogP contribution in [0, 0.1) is 18.3 Å². The third kappa shape index (κ3) is 2.87. The molecule has 1 nitrogen and oxygen atoms in total. The molecule has 1 rings (SSSR count). The zero-order valence-corrected chi connectivity index (χ0v) is 7.63. The van der Waals surface area contributed by atoms with Crippen molar-refractivity contribution in [1.29, 1.82) is 0 Å². The van der Waals surface area contributed by atoms with Crippen LogP contribution >= 0.6 is 0 Å². The Morgan fingerprint density at radius 1 is 1.25 bits per heavy atom. The maximum absolute atomic E-state index is 9.71. The molecule has 1 N–H and O–H groups in total. The maximum atomic E-state index is 9.71. The average Bonchev–Trinajstić information content (AvgIpc) is 2.27. The Balaban J connectivity index is 2.32. The van der Waals surface area contributed by atoms with Gasteiger partial charge in [0.25, 0.3) is 0 Å². The summed E-state index contributed by atoms with van der Waals surface area (Å²) in [5.41, 5.74) is 0. The van der Waals surface area contributed by atoms with E-state index in [2.05, 4.69) is 5.92 Å². The lowest BCUT2D eigenvalue weighted by atomic mass is 9.93. The van der Waals surface area contributed by atoms with Gasteiger partial charge < -0.3 is 5.11 Å². The summed E-state index contributed by atoms with van der Waals surface area (Å²) in [7, 11) is 0. The molecule has 1 heteroatoms. The Morgan fingerprint density at radius 2 is 2.00 bits per heavy atom. The topological polar surface area (TPSA) is 20.2 Å². The summed E-state index contributed by atoms with van der Waals surface area (Å²) < 4.78 is 0. The summed E-state index contributed by atoms with van der Waals surface area (Å²) in [6.07, 6.45) is 12.8. The number of aliphatic hydroxyl groups is 1. The monoisotopic (exact) mass is 166 g/mol. The molecular weight excluding hydrogens is 148 g/mol. The van der Waals surface area contributed by atoms with E-state index in [1.54, 1.807) is 0 Å². The molecule has 1 fully saturated rings. The molecule has 0 bridgehead atoms. The molecule has 1 aliphatic rings. The lowest BCUT2D eigenvalue weighted by Gasteiger charge is -2.18. The van der Waals surface area contributed by atoms with Crippen molar-refractivity contribution >= 4 is 0 Å². The van der Waals surface area contributed by atoms with E-state index in [0.29, 0.717) is 5.92 Å². The van der Waals surface area contributed by atoms with Crippen molar-refractivity contribution in [2.75, 3.05) is 0 Å². The lowest BCUT2D eigenvalue weighted by molar-refractivity contribution is 0.0967. The summed E-state index contributed by atoms with van der Waals surface area (Å²) in [4.78, 5) is 0. The van der Waals surface area contributed by atoms with Gasteiger partial charge in [-0.05, 0) is 25.2 Å². The van der Waals surface area contributed by atoms with Gasteiger partial charge in [-0.25, -0.2) is 0 Å². The second kappa shape index (κ2) is 5.22. The molecule has 0 amide bonds. The van der Waals surface area contributed by atoms with Crippen LogP contribution in [-0.4, -0.2) is 11.2 Å². The van der Waals surface area contributed by atoms with Gasteiger partial charge in [-0.1, -0.05) is 19.3 Å². The molecule has 0 spiro atoms. The normalized spacial score (nSPS) is 30.7. The van der Waals surface area contributed by atoms with Crippen LogP contribution in [0.5, 0.6) is 0 Å². The molecule has 1 aliphatic carbocycles. The molecule has 0 aliphatic heterocycles. The molecule has 0 radical (unpaired) electrons. The van der Waals surface area contributed by atoms with Gasteiger partial charge in [0.1, 0.15) is 0 Å². The van der Waals surface area contributed by atoms with Crippen LogP contribution in [0.1, 0.15) is 44.9 Å². The summed E-state index contributed by atoms with van der Waals surface area (Å²) in [6.45, 7) is 0. The molecule has 68 valence electrons. The molecule has 0 aromatic rings. The van der Waals surface area contributed by atoms with Crippen LogP contribution < -0.4 is 0 Å². The third-order valence-electron chi connectivity index (χ3n) is 2.78. The highest BCUT2D eigenvalue weighted by Gasteiger charge is 2.20. The van der Waals surface area contributed by atoms with Gasteiger partial charge in [0, 0.05) is 6.42 Å². The van der Waals surface area contributed by atoms with Crippen LogP contribution in [0.25, 0.3) is 0 Å². The Hall–Kier alpha value is -0.480. The minimum absolute atomic E-state index is 0.0825. The molecule has 0 saturated heterocycles. The summed E-state index contributed by atoms with van der Waals surface area (Å²) >= 11 is 0. The molecule has 0 aromatic heterocycles. The number of hydrogen-bond acceptors (Lipinski definition) is 1. The second-order valence-electron chi connectivity index (χ2n) is 3.71. The van der Waals surface area contributed by atoms with Crippen LogP contribution in [0.3, 0.4) is 0 Å². The first-order chi connectivity index (χ1) is 5.84. The number of aliphatic hydroxyl groups excluding tert-OH is 1. The Bertz CT molecular complexity index is 157. The van der Waals surface area contributed by atoms with E-state index >= 15 is 0 Å². The van der Waals surface area contributed by atoms with Gasteiger partial charge in [-0.2, -0.15) is 0 Å². The van der Waals surface area contributed by atoms with Crippen molar-refractivity contribution in [2.24, 2.45) is 5.92 Å². The fraction of sp³-hybridized carbons (Fsp3) is 0.818. The minimum atomic E-state index is -0.0825. The molecular formula is C11H18O. The second-order valence-corrected chi connectivity index (χ2v) is 3.71. The predicted molar refractivity (Wildman–Crippen MR) is 50.6 cm³/mol. The van der Waals surface area contributed by atoms with E-state index in [4.69, 9.17) is 6.42 Å². The summed E-state index contributed by atoms with van der Waals surface area (Å²) in [6, 6.07) is 0. The Kier molecular flexibility index (Phi) is 4.18. The SMILES string of the molecule is C#CCC[C@@H]1CCCCC[C@H]1O. The van der Waals surface area contributed by atoms with Gasteiger partial charge >= 0.3 is 0 Å². The molecule has 2 atom stereocenters. The first-order valence-electron chi connectivity index (χ1n) is 4.96. The largest absolute Gasteiger partial charge is 0.393 e. The number of hydrogen-bond donors (Lipinski definition) is 1. The zero-order valence-electron chi connectivity index (χ0n) is 7.63. The van der Waals surface area contributed by atoms with Gasteiger partial charge in [-0.3, -0.25) is 0 Å². The molecule has 12 heavy (non-hydrogen) atoms. The molecule has 0 heterocycles. The molecule has 0 aromatic carbocycles. The van der Waals surface area contributed by atoms with Crippen molar-refractivity contribution in [3.63, 3.8) is 0 Å². The van der Waals surface area contributed by atoms with Crippen molar-refractivity contribution < 1.29 is 5.11 Å². The molecule has 0 unspecified atom stereocenters. The molecule has 1 saturated carbocycles. The van der Waals surface area contributed by atoms with E-state index in [0.717, 1.165) is 19.3 Å². The quantitative estimate of drug-likeness (QED) is 0.493. The average molecular weight is 166 g/mol. The van der Waals surface area contributed by atoms with Crippen molar-refractivity contribution in [2.45, 2.75) is 51.0 Å². The number of rotatable bonds is 2. The highest BCUT2D eigenvalue weighted by atomic mass is 16.3. The van der Waals surface area contributed by atoms with Crippen molar-refractivity contribution in [3.8, 4) is 12.3 Å². The highest BCUT2D eigenvalue weighted by molar-refractivity contribution is 4.86. The van der Waals surface area contributed by atoms with E-state index in [-0.39, 0.29) is 6.10 Å². The first-order valence-corrected chi connectivity index (χ1v) is 4.96. The van der Waals surface area contributed by atoms with Crippen LogP contribution in [0.15, 0.2) is 0 Å². The highest BCUT2D eigenvalue weighted by Crippen LogP contribution is 2.26. The van der Waals surface area contributed by atoms with Gasteiger partial charge in [0.15, 0.2) is 0 Å². The smallest absolute Gasteiger partial charge is 0.0568 e. The summed E-state index contributed by atoms with van der Waals surface area (Å²) in [5.74, 6) is 3.12. The van der Waals surface area contributed by atoms with Crippen LogP contribution in [0.2, 0.25) is 0 Å². The Morgan fingerprint density at radius 3 is 2.75 bits per heavy atom. The van der Waals surface area contributed by atoms with Gasteiger partial charge in [0.2, 0.25) is 0 Å².